The Balaban J connectivity index is 2.11. The van der Waals surface area contributed by atoms with E-state index in [-0.39, 0.29) is 5.69 Å². The molecule has 1 aromatic heterocycles. The van der Waals surface area contributed by atoms with Crippen LogP contribution < -0.4 is 5.32 Å². The first kappa shape index (κ1) is 14.7. The second-order valence-corrected chi connectivity index (χ2v) is 4.62. The highest BCUT2D eigenvalue weighted by molar-refractivity contribution is 5.93. The first-order valence-corrected chi connectivity index (χ1v) is 6.24. The van der Waals surface area contributed by atoms with E-state index >= 15 is 0 Å². The Morgan fingerprint density at radius 2 is 2.10 bits per heavy atom. The number of hydrogen-bond donors (Lipinski definition) is 2. The molecule has 0 radical (unpaired) electrons. The highest BCUT2D eigenvalue weighted by Gasteiger charge is 2.18. The maximum absolute atomic E-state index is 13.4. The number of anilines is 1. The molecule has 0 saturated carbocycles. The summed E-state index contributed by atoms with van der Waals surface area (Å²) in [5, 5.41) is 15.1. The Morgan fingerprint density at radius 3 is 2.67 bits per heavy atom. The molecule has 110 valence electrons. The van der Waals surface area contributed by atoms with Gasteiger partial charge in [0.15, 0.2) is 5.69 Å². The Morgan fingerprint density at radius 1 is 1.38 bits per heavy atom. The molecule has 0 fully saturated rings. The Bertz CT molecular complexity index is 697. The Kier molecular flexibility index (Phi) is 4.02. The van der Waals surface area contributed by atoms with Gasteiger partial charge < -0.3 is 10.4 Å². The molecule has 1 atom stereocenters. The van der Waals surface area contributed by atoms with Crippen molar-refractivity contribution in [3.05, 3.63) is 47.5 Å². The minimum atomic E-state index is -1.16. The molecule has 1 heterocycles. The van der Waals surface area contributed by atoms with Crippen LogP contribution in [-0.2, 0) is 4.79 Å². The summed E-state index contributed by atoms with van der Waals surface area (Å²) >= 11 is 0. The summed E-state index contributed by atoms with van der Waals surface area (Å²) in [5.41, 5.74) is 0.677. The van der Waals surface area contributed by atoms with Crippen LogP contribution in [-0.4, -0.2) is 26.8 Å². The third-order valence-electron chi connectivity index (χ3n) is 3.04. The summed E-state index contributed by atoms with van der Waals surface area (Å²) in [6.07, 6.45) is 1.41. The number of aryl methyl sites for hydroxylation is 1. The number of carbonyl (C=O) groups is 2. The fraction of sp³-hybridized carbons (Fsp3) is 0.214. The standard InChI is InChI=1S/C14H14FN3O3/c1-8-3-4-10(7-11(8)15)16-13(19)9(2)18-6-5-12(17-18)14(20)21/h3-7,9H,1-2H3,(H,16,19)(H,20,21). The molecule has 0 saturated heterocycles. The first-order chi connectivity index (χ1) is 9.88. The third kappa shape index (κ3) is 3.25. The van der Waals surface area contributed by atoms with Gasteiger partial charge in [-0.2, -0.15) is 5.10 Å². The lowest BCUT2D eigenvalue weighted by atomic mass is 10.2. The lowest BCUT2D eigenvalue weighted by Gasteiger charge is -2.13. The topological polar surface area (TPSA) is 84.2 Å². The molecule has 1 aromatic carbocycles. The van der Waals surface area contributed by atoms with Gasteiger partial charge in [-0.25, -0.2) is 9.18 Å². The number of halogens is 1. The van der Waals surface area contributed by atoms with E-state index in [0.717, 1.165) is 0 Å². The largest absolute Gasteiger partial charge is 0.476 e. The van der Waals surface area contributed by atoms with E-state index in [1.165, 1.54) is 23.0 Å². The zero-order valence-corrected chi connectivity index (χ0v) is 11.5. The highest BCUT2D eigenvalue weighted by atomic mass is 19.1. The van der Waals surface area contributed by atoms with Crippen LogP contribution >= 0.6 is 0 Å². The van der Waals surface area contributed by atoms with Crippen LogP contribution in [0.2, 0.25) is 0 Å². The molecular weight excluding hydrogens is 277 g/mol. The van der Waals surface area contributed by atoms with Gasteiger partial charge in [0, 0.05) is 11.9 Å². The maximum Gasteiger partial charge on any atom is 0.356 e. The van der Waals surface area contributed by atoms with Crippen LogP contribution in [0, 0.1) is 12.7 Å². The number of amides is 1. The SMILES string of the molecule is Cc1ccc(NC(=O)C(C)n2ccc(C(=O)O)n2)cc1F. The van der Waals surface area contributed by atoms with Crippen molar-refractivity contribution in [3.63, 3.8) is 0 Å². The summed E-state index contributed by atoms with van der Waals surface area (Å²) in [6, 6.07) is 4.96. The molecule has 1 unspecified atom stereocenters. The van der Waals surface area contributed by atoms with Gasteiger partial charge in [-0.15, -0.1) is 0 Å². The van der Waals surface area contributed by atoms with Crippen molar-refractivity contribution in [2.24, 2.45) is 0 Å². The zero-order chi connectivity index (χ0) is 15.6. The fourth-order valence-electron chi connectivity index (χ4n) is 1.71. The molecule has 0 spiro atoms. The van der Waals surface area contributed by atoms with E-state index < -0.39 is 23.7 Å². The first-order valence-electron chi connectivity index (χ1n) is 6.24. The number of rotatable bonds is 4. The van der Waals surface area contributed by atoms with Crippen LogP contribution in [0.1, 0.15) is 29.0 Å². The lowest BCUT2D eigenvalue weighted by molar-refractivity contribution is -0.119. The number of benzene rings is 1. The average Bonchev–Trinajstić information content (AvgIpc) is 2.92. The van der Waals surface area contributed by atoms with Crippen LogP contribution in [0.5, 0.6) is 0 Å². The van der Waals surface area contributed by atoms with Crippen molar-refractivity contribution in [2.75, 3.05) is 5.32 Å². The van der Waals surface area contributed by atoms with Crippen molar-refractivity contribution in [1.29, 1.82) is 0 Å². The predicted molar refractivity (Wildman–Crippen MR) is 73.7 cm³/mol. The van der Waals surface area contributed by atoms with Gasteiger partial charge in [-0.3, -0.25) is 9.48 Å². The summed E-state index contributed by atoms with van der Waals surface area (Å²) in [5.74, 6) is -1.99. The molecule has 0 aliphatic carbocycles. The number of nitrogens with zero attached hydrogens (tertiary/aromatic N) is 2. The highest BCUT2D eigenvalue weighted by Crippen LogP contribution is 2.15. The Hall–Kier alpha value is -2.70. The maximum atomic E-state index is 13.4. The van der Waals surface area contributed by atoms with E-state index in [1.807, 2.05) is 0 Å². The van der Waals surface area contributed by atoms with Crippen molar-refractivity contribution >= 4 is 17.6 Å². The number of carboxylic acid groups (broad SMARTS) is 1. The second kappa shape index (κ2) is 5.74. The minimum absolute atomic E-state index is 0.143. The molecule has 2 rings (SSSR count). The molecule has 1 amide bonds. The van der Waals surface area contributed by atoms with Gasteiger partial charge in [0.05, 0.1) is 0 Å². The molecule has 0 aliphatic rings. The van der Waals surface area contributed by atoms with Gasteiger partial charge in [-0.1, -0.05) is 6.07 Å². The molecule has 7 heteroatoms. The fourth-order valence-corrected chi connectivity index (χ4v) is 1.71. The summed E-state index contributed by atoms with van der Waals surface area (Å²) < 4.78 is 14.7. The van der Waals surface area contributed by atoms with Gasteiger partial charge >= 0.3 is 5.97 Å². The number of carboxylic acids is 1. The molecule has 0 aliphatic heterocycles. The normalized spacial score (nSPS) is 12.0. The molecule has 2 N–H and O–H groups in total. The van der Waals surface area contributed by atoms with Gasteiger partial charge in [-0.05, 0) is 37.6 Å². The summed E-state index contributed by atoms with van der Waals surface area (Å²) in [4.78, 5) is 22.8. The van der Waals surface area contributed by atoms with E-state index in [9.17, 15) is 14.0 Å². The van der Waals surface area contributed by atoms with E-state index in [1.54, 1.807) is 26.0 Å². The van der Waals surface area contributed by atoms with Crippen molar-refractivity contribution in [2.45, 2.75) is 19.9 Å². The molecule has 21 heavy (non-hydrogen) atoms. The number of aromatic carboxylic acids is 1. The van der Waals surface area contributed by atoms with Crippen LogP contribution in [0.25, 0.3) is 0 Å². The molecular formula is C14H14FN3O3. The van der Waals surface area contributed by atoms with E-state index in [0.29, 0.717) is 11.3 Å². The number of carbonyl (C=O) groups excluding carboxylic acids is 1. The monoisotopic (exact) mass is 291 g/mol. The zero-order valence-electron chi connectivity index (χ0n) is 11.5. The van der Waals surface area contributed by atoms with Crippen molar-refractivity contribution in [3.8, 4) is 0 Å². The van der Waals surface area contributed by atoms with Gasteiger partial charge in [0.1, 0.15) is 11.9 Å². The predicted octanol–water partition coefficient (Wildman–Crippen LogP) is 2.23. The molecule has 6 nitrogen and oxygen atoms in total. The minimum Gasteiger partial charge on any atom is -0.476 e. The number of nitrogens with one attached hydrogen (secondary N) is 1. The number of aromatic nitrogens is 2. The van der Waals surface area contributed by atoms with E-state index in [2.05, 4.69) is 10.4 Å². The number of hydrogen-bond acceptors (Lipinski definition) is 3. The third-order valence-corrected chi connectivity index (χ3v) is 3.04. The van der Waals surface area contributed by atoms with Crippen molar-refractivity contribution < 1.29 is 19.1 Å². The lowest BCUT2D eigenvalue weighted by Crippen LogP contribution is -2.24. The van der Waals surface area contributed by atoms with Crippen molar-refractivity contribution in [1.82, 2.24) is 9.78 Å². The Labute approximate surface area is 120 Å². The molecule has 0 bridgehead atoms. The van der Waals surface area contributed by atoms with Crippen LogP contribution in [0.4, 0.5) is 10.1 Å². The summed E-state index contributed by atoms with van der Waals surface area (Å²) in [6.45, 7) is 3.19. The van der Waals surface area contributed by atoms with Gasteiger partial charge in [0.2, 0.25) is 5.91 Å². The second-order valence-electron chi connectivity index (χ2n) is 4.62. The average molecular weight is 291 g/mol. The quantitative estimate of drug-likeness (QED) is 0.904. The van der Waals surface area contributed by atoms with E-state index in [4.69, 9.17) is 5.11 Å². The van der Waals surface area contributed by atoms with Gasteiger partial charge in [0.25, 0.3) is 0 Å². The van der Waals surface area contributed by atoms with Crippen LogP contribution in [0.3, 0.4) is 0 Å². The molecule has 2 aromatic rings. The van der Waals surface area contributed by atoms with Crippen LogP contribution in [0.15, 0.2) is 30.5 Å². The summed E-state index contributed by atoms with van der Waals surface area (Å²) in [7, 11) is 0. The smallest absolute Gasteiger partial charge is 0.356 e.